The molecule has 2 rings (SSSR count). The van der Waals surface area contributed by atoms with Gasteiger partial charge in [0.05, 0.1) is 11.4 Å². The molecule has 0 spiro atoms. The number of anilines is 2. The smallest absolute Gasteiger partial charge is 0.323 e. The molecule has 0 atom stereocenters. The Balaban J connectivity index is 2.54. The summed E-state index contributed by atoms with van der Waals surface area (Å²) in [6, 6.07) is 3.91. The van der Waals surface area contributed by atoms with E-state index in [2.05, 4.69) is 0 Å². The maximum atomic E-state index is 12.0. The Bertz CT molecular complexity index is 540. The van der Waals surface area contributed by atoms with Crippen LogP contribution in [-0.4, -0.2) is 37.1 Å². The minimum Gasteiger partial charge on any atom is -0.480 e. The van der Waals surface area contributed by atoms with Crippen molar-refractivity contribution < 1.29 is 14.7 Å². The van der Waals surface area contributed by atoms with E-state index in [4.69, 9.17) is 5.11 Å². The third-order valence-corrected chi connectivity index (χ3v) is 3.59. The second-order valence-corrected chi connectivity index (χ2v) is 4.94. The Morgan fingerprint density at radius 1 is 1.26 bits per heavy atom. The lowest BCUT2D eigenvalue weighted by Gasteiger charge is -2.25. The van der Waals surface area contributed by atoms with Crippen LogP contribution in [0.15, 0.2) is 12.1 Å². The highest BCUT2D eigenvalue weighted by Crippen LogP contribution is 2.34. The van der Waals surface area contributed by atoms with Crippen LogP contribution >= 0.6 is 0 Å². The monoisotopic (exact) mass is 262 g/mol. The normalized spacial score (nSPS) is 15.2. The Hall–Kier alpha value is -2.04. The minimum absolute atomic E-state index is 0.0115. The molecular formula is C14H18N2O3. The largest absolute Gasteiger partial charge is 0.480 e. The van der Waals surface area contributed by atoms with Crippen molar-refractivity contribution in [1.82, 2.24) is 0 Å². The number of hydrogen-bond donors (Lipinski definition) is 1. The first kappa shape index (κ1) is 13.4. The molecule has 0 aliphatic carbocycles. The summed E-state index contributed by atoms with van der Waals surface area (Å²) in [4.78, 5) is 26.3. The Labute approximate surface area is 112 Å². The molecule has 0 fully saturated rings. The van der Waals surface area contributed by atoms with Crippen LogP contribution < -0.4 is 9.80 Å². The zero-order valence-corrected chi connectivity index (χ0v) is 11.4. The van der Waals surface area contributed by atoms with Gasteiger partial charge in [-0.2, -0.15) is 0 Å². The molecule has 1 aliphatic heterocycles. The number of rotatable bonds is 2. The van der Waals surface area contributed by atoms with E-state index in [0.717, 1.165) is 22.5 Å². The lowest BCUT2D eigenvalue weighted by Crippen LogP contribution is -2.30. The average molecular weight is 262 g/mol. The Morgan fingerprint density at radius 3 is 2.42 bits per heavy atom. The summed E-state index contributed by atoms with van der Waals surface area (Å²) >= 11 is 0. The van der Waals surface area contributed by atoms with E-state index in [9.17, 15) is 9.59 Å². The van der Waals surface area contributed by atoms with Gasteiger partial charge >= 0.3 is 5.97 Å². The van der Waals surface area contributed by atoms with Gasteiger partial charge in [0, 0.05) is 20.0 Å². The molecule has 1 N–H and O–H groups in total. The molecule has 0 bridgehead atoms. The number of carboxylic acids is 1. The summed E-state index contributed by atoms with van der Waals surface area (Å²) in [6.07, 6.45) is 0.330. The summed E-state index contributed by atoms with van der Waals surface area (Å²) in [5.41, 5.74) is 3.79. The molecule has 0 saturated carbocycles. The molecule has 102 valence electrons. The van der Waals surface area contributed by atoms with Gasteiger partial charge in [0.25, 0.3) is 0 Å². The third kappa shape index (κ3) is 2.54. The topological polar surface area (TPSA) is 60.9 Å². The summed E-state index contributed by atoms with van der Waals surface area (Å²) in [5.74, 6) is -0.876. The Morgan fingerprint density at radius 2 is 1.84 bits per heavy atom. The van der Waals surface area contributed by atoms with Gasteiger partial charge in [0.1, 0.15) is 6.54 Å². The van der Waals surface area contributed by atoms with Gasteiger partial charge in [-0.15, -0.1) is 0 Å². The predicted octanol–water partition coefficient (Wildman–Crippen LogP) is 1.56. The Kier molecular flexibility index (Phi) is 3.46. The zero-order valence-electron chi connectivity index (χ0n) is 11.4. The van der Waals surface area contributed by atoms with E-state index in [-0.39, 0.29) is 12.5 Å². The number of nitrogens with zero attached hydrogens (tertiary/aromatic N) is 2. The molecule has 5 nitrogen and oxygen atoms in total. The third-order valence-electron chi connectivity index (χ3n) is 3.59. The highest BCUT2D eigenvalue weighted by atomic mass is 16.4. The van der Waals surface area contributed by atoms with Gasteiger partial charge in [0.15, 0.2) is 0 Å². The van der Waals surface area contributed by atoms with Crippen LogP contribution in [0.2, 0.25) is 0 Å². The van der Waals surface area contributed by atoms with Crippen LogP contribution in [0.4, 0.5) is 11.4 Å². The maximum absolute atomic E-state index is 12.0. The number of benzene rings is 1. The van der Waals surface area contributed by atoms with Gasteiger partial charge in [0.2, 0.25) is 5.91 Å². The van der Waals surface area contributed by atoms with E-state index in [1.165, 1.54) is 0 Å². The second-order valence-electron chi connectivity index (χ2n) is 4.94. The van der Waals surface area contributed by atoms with E-state index in [0.29, 0.717) is 13.0 Å². The number of carbonyl (C=O) groups is 2. The fourth-order valence-corrected chi connectivity index (χ4v) is 2.29. The number of aliphatic carboxylic acids is 1. The lowest BCUT2D eigenvalue weighted by molar-refractivity contribution is -0.135. The fraction of sp³-hybridized carbons (Fsp3) is 0.429. The fourth-order valence-electron chi connectivity index (χ4n) is 2.29. The van der Waals surface area contributed by atoms with Crippen molar-refractivity contribution in [2.75, 3.05) is 29.9 Å². The van der Waals surface area contributed by atoms with Gasteiger partial charge < -0.3 is 14.9 Å². The molecule has 19 heavy (non-hydrogen) atoms. The molecule has 1 aromatic carbocycles. The van der Waals surface area contributed by atoms with Crippen molar-refractivity contribution in [1.29, 1.82) is 0 Å². The van der Waals surface area contributed by atoms with Crippen LogP contribution in [0, 0.1) is 13.8 Å². The van der Waals surface area contributed by atoms with E-state index in [1.807, 2.05) is 26.0 Å². The summed E-state index contributed by atoms with van der Waals surface area (Å²) in [5, 5.41) is 9.00. The lowest BCUT2D eigenvalue weighted by atomic mass is 10.1. The second kappa shape index (κ2) is 4.91. The molecule has 0 saturated heterocycles. The number of fused-ring (bicyclic) bond motifs is 1. The quantitative estimate of drug-likeness (QED) is 0.878. The van der Waals surface area contributed by atoms with Crippen molar-refractivity contribution in [3.05, 3.63) is 23.3 Å². The molecule has 1 aromatic rings. The van der Waals surface area contributed by atoms with Crippen molar-refractivity contribution in [2.45, 2.75) is 20.3 Å². The first-order valence-electron chi connectivity index (χ1n) is 6.24. The summed E-state index contributed by atoms with van der Waals surface area (Å²) < 4.78 is 0. The summed E-state index contributed by atoms with van der Waals surface area (Å²) in [6.45, 7) is 4.32. The molecule has 1 heterocycles. The number of hydrogen-bond acceptors (Lipinski definition) is 3. The van der Waals surface area contributed by atoms with Crippen LogP contribution in [0.25, 0.3) is 0 Å². The number of amides is 1. The molecule has 0 radical (unpaired) electrons. The first-order valence-corrected chi connectivity index (χ1v) is 6.24. The molecule has 5 heteroatoms. The molecular weight excluding hydrogens is 244 g/mol. The van der Waals surface area contributed by atoms with E-state index >= 15 is 0 Å². The molecule has 1 amide bonds. The predicted molar refractivity (Wildman–Crippen MR) is 73.8 cm³/mol. The van der Waals surface area contributed by atoms with Crippen molar-refractivity contribution in [3.8, 4) is 0 Å². The first-order chi connectivity index (χ1) is 8.90. The number of carboxylic acid groups (broad SMARTS) is 1. The van der Waals surface area contributed by atoms with E-state index in [1.54, 1.807) is 16.8 Å². The van der Waals surface area contributed by atoms with Gasteiger partial charge in [-0.3, -0.25) is 9.59 Å². The maximum Gasteiger partial charge on any atom is 0.323 e. The van der Waals surface area contributed by atoms with Gasteiger partial charge in [-0.25, -0.2) is 0 Å². The SMILES string of the molecule is Cc1cc2c(cc1C)N(C)C(=O)CCN2CC(=O)O. The molecule has 0 aromatic heterocycles. The van der Waals surface area contributed by atoms with Crippen molar-refractivity contribution in [3.63, 3.8) is 0 Å². The summed E-state index contributed by atoms with van der Waals surface area (Å²) in [7, 11) is 1.74. The molecule has 1 aliphatic rings. The zero-order chi connectivity index (χ0) is 14.2. The molecule has 0 unspecified atom stereocenters. The van der Waals surface area contributed by atoms with Crippen molar-refractivity contribution in [2.24, 2.45) is 0 Å². The van der Waals surface area contributed by atoms with Crippen LogP contribution in [0.1, 0.15) is 17.5 Å². The van der Waals surface area contributed by atoms with Crippen LogP contribution in [0.3, 0.4) is 0 Å². The van der Waals surface area contributed by atoms with Gasteiger partial charge in [-0.1, -0.05) is 0 Å². The van der Waals surface area contributed by atoms with Crippen LogP contribution in [-0.2, 0) is 9.59 Å². The van der Waals surface area contributed by atoms with Crippen molar-refractivity contribution >= 4 is 23.3 Å². The standard InChI is InChI=1S/C14H18N2O3/c1-9-6-11-12(7-10(9)2)16(8-14(18)19)5-4-13(17)15(11)3/h6-7H,4-5,8H2,1-3H3,(H,18,19). The minimum atomic E-state index is -0.888. The number of aryl methyl sites for hydroxylation is 2. The van der Waals surface area contributed by atoms with E-state index < -0.39 is 5.97 Å². The highest BCUT2D eigenvalue weighted by Gasteiger charge is 2.25. The average Bonchev–Trinajstić information content (AvgIpc) is 2.44. The number of carbonyl (C=O) groups excluding carboxylic acids is 1. The van der Waals surface area contributed by atoms with Gasteiger partial charge in [-0.05, 0) is 37.1 Å². The highest BCUT2D eigenvalue weighted by molar-refractivity contribution is 5.99. The van der Waals surface area contributed by atoms with Crippen LogP contribution in [0.5, 0.6) is 0 Å².